The predicted molar refractivity (Wildman–Crippen MR) is 94.7 cm³/mol. The minimum Gasteiger partial charge on any atom is -0.321 e. The molecule has 0 unspecified atom stereocenters. The molecule has 3 nitrogen and oxygen atoms in total. The van der Waals surface area contributed by atoms with Crippen LogP contribution in [0.3, 0.4) is 0 Å². The van der Waals surface area contributed by atoms with Gasteiger partial charge in [-0.15, -0.1) is 11.8 Å². The van der Waals surface area contributed by atoms with E-state index in [0.717, 1.165) is 21.4 Å². The van der Waals surface area contributed by atoms with Crippen LogP contribution in [-0.4, -0.2) is 11.7 Å². The van der Waals surface area contributed by atoms with Gasteiger partial charge in [-0.2, -0.15) is 5.26 Å². The Balaban J connectivity index is 1.91. The van der Waals surface area contributed by atoms with Gasteiger partial charge in [-0.1, -0.05) is 48.5 Å². The van der Waals surface area contributed by atoms with Gasteiger partial charge >= 0.3 is 0 Å². The standard InChI is InChI=1S/C19H14N2OS/c20-12-13-23-18-11-4-3-9-16(18)19(22)21-17-10-5-7-14-6-1-2-8-15(14)17/h1-11H,13H2,(H,21,22). The second-order valence-corrected chi connectivity index (χ2v) is 5.94. The van der Waals surface area contributed by atoms with E-state index >= 15 is 0 Å². The Morgan fingerprint density at radius 1 is 1.00 bits per heavy atom. The number of benzene rings is 3. The van der Waals surface area contributed by atoms with E-state index in [1.165, 1.54) is 11.8 Å². The number of carbonyl (C=O) groups is 1. The normalized spacial score (nSPS) is 10.2. The zero-order valence-electron chi connectivity index (χ0n) is 12.3. The molecule has 23 heavy (non-hydrogen) atoms. The third-order valence-electron chi connectivity index (χ3n) is 3.46. The summed E-state index contributed by atoms with van der Waals surface area (Å²) in [5.74, 6) is 0.154. The highest BCUT2D eigenvalue weighted by Crippen LogP contribution is 2.26. The molecule has 3 aromatic rings. The van der Waals surface area contributed by atoms with Crippen LogP contribution >= 0.6 is 11.8 Å². The monoisotopic (exact) mass is 318 g/mol. The predicted octanol–water partition coefficient (Wildman–Crippen LogP) is 4.71. The first-order chi connectivity index (χ1) is 11.3. The van der Waals surface area contributed by atoms with E-state index in [1.54, 1.807) is 6.07 Å². The number of amides is 1. The van der Waals surface area contributed by atoms with Gasteiger partial charge in [-0.05, 0) is 23.6 Å². The molecule has 3 aromatic carbocycles. The number of hydrogen-bond acceptors (Lipinski definition) is 3. The highest BCUT2D eigenvalue weighted by atomic mass is 32.2. The molecule has 0 saturated carbocycles. The van der Waals surface area contributed by atoms with Crippen LogP contribution in [0.4, 0.5) is 5.69 Å². The van der Waals surface area contributed by atoms with Crippen molar-refractivity contribution in [2.24, 2.45) is 0 Å². The summed E-state index contributed by atoms with van der Waals surface area (Å²) in [6.07, 6.45) is 0. The third kappa shape index (κ3) is 3.36. The summed E-state index contributed by atoms with van der Waals surface area (Å²) in [6, 6.07) is 23.2. The molecule has 0 spiro atoms. The molecule has 4 heteroatoms. The second-order valence-electron chi connectivity index (χ2n) is 4.92. The Labute approximate surface area is 138 Å². The number of anilines is 1. The van der Waals surface area contributed by atoms with Gasteiger partial charge in [0.05, 0.1) is 17.4 Å². The number of nitrogens with zero attached hydrogens (tertiary/aromatic N) is 1. The molecule has 0 saturated heterocycles. The van der Waals surface area contributed by atoms with Gasteiger partial charge in [-0.3, -0.25) is 4.79 Å². The molecular formula is C19H14N2OS. The lowest BCUT2D eigenvalue weighted by molar-refractivity contribution is 0.102. The molecular weight excluding hydrogens is 304 g/mol. The fraction of sp³-hybridized carbons (Fsp3) is 0.0526. The van der Waals surface area contributed by atoms with Crippen LogP contribution in [-0.2, 0) is 0 Å². The van der Waals surface area contributed by atoms with Gasteiger partial charge in [0.1, 0.15) is 0 Å². The number of thioether (sulfide) groups is 1. The Morgan fingerprint density at radius 2 is 1.74 bits per heavy atom. The average molecular weight is 318 g/mol. The van der Waals surface area contributed by atoms with Gasteiger partial charge in [-0.25, -0.2) is 0 Å². The van der Waals surface area contributed by atoms with Gasteiger partial charge in [0.2, 0.25) is 0 Å². The van der Waals surface area contributed by atoms with Crippen molar-refractivity contribution in [2.75, 3.05) is 11.1 Å². The largest absolute Gasteiger partial charge is 0.321 e. The van der Waals surface area contributed by atoms with Crippen molar-refractivity contribution < 1.29 is 4.79 Å². The Morgan fingerprint density at radius 3 is 2.61 bits per heavy atom. The van der Waals surface area contributed by atoms with Crippen molar-refractivity contribution in [3.63, 3.8) is 0 Å². The van der Waals surface area contributed by atoms with Gasteiger partial charge < -0.3 is 5.32 Å². The zero-order valence-corrected chi connectivity index (χ0v) is 13.1. The van der Waals surface area contributed by atoms with Crippen LogP contribution in [0.15, 0.2) is 71.6 Å². The quantitative estimate of drug-likeness (QED) is 0.709. The second kappa shape index (κ2) is 6.99. The van der Waals surface area contributed by atoms with E-state index in [0.29, 0.717) is 11.3 Å². The highest BCUT2D eigenvalue weighted by molar-refractivity contribution is 7.99. The van der Waals surface area contributed by atoms with Gasteiger partial charge in [0, 0.05) is 16.0 Å². The molecule has 0 fully saturated rings. The number of fused-ring (bicyclic) bond motifs is 1. The maximum Gasteiger partial charge on any atom is 0.256 e. The highest BCUT2D eigenvalue weighted by Gasteiger charge is 2.12. The van der Waals surface area contributed by atoms with Crippen LogP contribution in [0.5, 0.6) is 0 Å². The molecule has 0 radical (unpaired) electrons. The Hall–Kier alpha value is -2.77. The fourth-order valence-electron chi connectivity index (χ4n) is 2.41. The van der Waals surface area contributed by atoms with E-state index < -0.39 is 0 Å². The van der Waals surface area contributed by atoms with E-state index in [4.69, 9.17) is 5.26 Å². The van der Waals surface area contributed by atoms with Crippen molar-refractivity contribution in [1.29, 1.82) is 5.26 Å². The molecule has 0 aliphatic carbocycles. The number of nitriles is 1. The lowest BCUT2D eigenvalue weighted by Gasteiger charge is -2.11. The number of rotatable bonds is 4. The number of hydrogen-bond donors (Lipinski definition) is 1. The number of nitrogens with one attached hydrogen (secondary N) is 1. The molecule has 1 amide bonds. The summed E-state index contributed by atoms with van der Waals surface area (Å²) in [5, 5.41) is 13.8. The van der Waals surface area contributed by atoms with E-state index in [-0.39, 0.29) is 5.91 Å². The Bertz CT molecular complexity index is 894. The molecule has 0 atom stereocenters. The fourth-order valence-corrected chi connectivity index (χ4v) is 3.13. The first kappa shape index (κ1) is 15.1. The summed E-state index contributed by atoms with van der Waals surface area (Å²) in [7, 11) is 0. The van der Waals surface area contributed by atoms with Gasteiger partial charge in [0.25, 0.3) is 5.91 Å². The lowest BCUT2D eigenvalue weighted by Crippen LogP contribution is -2.13. The third-order valence-corrected chi connectivity index (χ3v) is 4.40. The molecule has 1 N–H and O–H groups in total. The van der Waals surface area contributed by atoms with Crippen LogP contribution < -0.4 is 5.32 Å². The smallest absolute Gasteiger partial charge is 0.256 e. The number of carbonyl (C=O) groups excluding carboxylic acids is 1. The molecule has 0 heterocycles. The van der Waals surface area contributed by atoms with E-state index in [9.17, 15) is 4.79 Å². The van der Waals surface area contributed by atoms with Crippen molar-refractivity contribution in [1.82, 2.24) is 0 Å². The van der Waals surface area contributed by atoms with Crippen molar-refractivity contribution >= 4 is 34.1 Å². The van der Waals surface area contributed by atoms with Crippen LogP contribution in [0, 0.1) is 11.3 Å². The topological polar surface area (TPSA) is 52.9 Å². The average Bonchev–Trinajstić information content (AvgIpc) is 2.60. The molecule has 0 bridgehead atoms. The summed E-state index contributed by atoms with van der Waals surface area (Å²) >= 11 is 1.37. The first-order valence-corrected chi connectivity index (χ1v) is 8.16. The maximum atomic E-state index is 12.6. The minimum absolute atomic E-state index is 0.164. The van der Waals surface area contributed by atoms with Crippen LogP contribution in [0.2, 0.25) is 0 Å². The maximum absolute atomic E-state index is 12.6. The zero-order chi connectivity index (χ0) is 16.1. The molecule has 0 aliphatic rings. The Kier molecular flexibility index (Phi) is 4.60. The lowest BCUT2D eigenvalue weighted by atomic mass is 10.1. The summed E-state index contributed by atoms with van der Waals surface area (Å²) < 4.78 is 0. The van der Waals surface area contributed by atoms with Crippen molar-refractivity contribution in [3.05, 3.63) is 72.3 Å². The minimum atomic E-state index is -0.164. The summed E-state index contributed by atoms with van der Waals surface area (Å²) in [6.45, 7) is 0. The van der Waals surface area contributed by atoms with Crippen LogP contribution in [0.25, 0.3) is 10.8 Å². The first-order valence-electron chi connectivity index (χ1n) is 7.17. The molecule has 0 aromatic heterocycles. The summed E-state index contributed by atoms with van der Waals surface area (Å²) in [5.41, 5.74) is 1.37. The van der Waals surface area contributed by atoms with Crippen molar-refractivity contribution in [3.8, 4) is 6.07 Å². The van der Waals surface area contributed by atoms with E-state index in [1.807, 2.05) is 60.7 Å². The molecule has 0 aliphatic heterocycles. The van der Waals surface area contributed by atoms with Crippen LogP contribution in [0.1, 0.15) is 10.4 Å². The van der Waals surface area contributed by atoms with Crippen molar-refractivity contribution in [2.45, 2.75) is 4.90 Å². The SMILES string of the molecule is N#CCSc1ccccc1C(=O)Nc1cccc2ccccc12. The molecule has 112 valence electrons. The van der Waals surface area contributed by atoms with Gasteiger partial charge in [0.15, 0.2) is 0 Å². The van der Waals surface area contributed by atoms with E-state index in [2.05, 4.69) is 11.4 Å². The summed E-state index contributed by atoms with van der Waals surface area (Å²) in [4.78, 5) is 13.4. The molecule has 3 rings (SSSR count).